The molecule has 1 N–H and O–H groups in total. The zero-order valence-electron chi connectivity index (χ0n) is 17.8. The zero-order chi connectivity index (χ0) is 23.2. The summed E-state index contributed by atoms with van der Waals surface area (Å²) in [5.74, 6) is -0.0876. The van der Waals surface area contributed by atoms with Crippen LogP contribution < -0.4 is 5.32 Å². The minimum absolute atomic E-state index is 0.0208. The van der Waals surface area contributed by atoms with Gasteiger partial charge in [0, 0.05) is 23.7 Å². The number of furan rings is 1. The molecule has 0 unspecified atom stereocenters. The van der Waals surface area contributed by atoms with Crippen LogP contribution in [-0.4, -0.2) is 25.6 Å². The Labute approximate surface area is 182 Å². The number of aromatic nitrogens is 3. The predicted molar refractivity (Wildman–Crippen MR) is 116 cm³/mol. The fourth-order valence-electron chi connectivity index (χ4n) is 3.52. The Morgan fingerprint density at radius 3 is 2.62 bits per heavy atom. The molecule has 0 bridgehead atoms. The molecule has 164 valence electrons. The second-order valence-corrected chi connectivity index (χ2v) is 7.68. The number of non-ortho nitro benzene ring substituents is 1. The lowest BCUT2D eigenvalue weighted by atomic mass is 10.1. The highest BCUT2D eigenvalue weighted by atomic mass is 19.1. The maximum atomic E-state index is 14.3. The van der Waals surface area contributed by atoms with Crippen molar-refractivity contribution in [3.8, 4) is 11.3 Å². The number of nitro groups is 1. The number of benzene rings is 1. The number of hydrogen-bond donors (Lipinski definition) is 1. The average molecular weight is 437 g/mol. The third-order valence-electron chi connectivity index (χ3n) is 5.03. The molecule has 3 heterocycles. The lowest BCUT2D eigenvalue weighted by molar-refractivity contribution is -0.384. The van der Waals surface area contributed by atoms with Gasteiger partial charge in [0.2, 0.25) is 0 Å². The van der Waals surface area contributed by atoms with Crippen molar-refractivity contribution in [2.24, 2.45) is 0 Å². The Kier molecular flexibility index (Phi) is 5.21. The molecule has 0 spiro atoms. The first-order chi connectivity index (χ1) is 15.2. The number of anilines is 1. The zero-order valence-corrected chi connectivity index (χ0v) is 17.8. The summed E-state index contributed by atoms with van der Waals surface area (Å²) < 4.78 is 21.6. The topological polar surface area (TPSA) is 116 Å². The van der Waals surface area contributed by atoms with Crippen molar-refractivity contribution in [3.05, 3.63) is 69.5 Å². The number of fused-ring (bicyclic) bond motifs is 1. The van der Waals surface area contributed by atoms with Crippen molar-refractivity contribution in [1.29, 1.82) is 0 Å². The second kappa shape index (κ2) is 7.88. The minimum Gasteiger partial charge on any atom is -0.466 e. The van der Waals surface area contributed by atoms with E-state index in [1.807, 2.05) is 26.8 Å². The Hall–Kier alpha value is -4.08. The number of halogens is 1. The summed E-state index contributed by atoms with van der Waals surface area (Å²) in [7, 11) is 0. The number of rotatable bonds is 5. The summed E-state index contributed by atoms with van der Waals surface area (Å²) in [5, 5.41) is 18.3. The molecule has 0 fully saturated rings. The largest absolute Gasteiger partial charge is 0.466 e. The molecule has 10 heteroatoms. The summed E-state index contributed by atoms with van der Waals surface area (Å²) >= 11 is 0. The van der Waals surface area contributed by atoms with Crippen LogP contribution in [0.1, 0.15) is 41.8 Å². The van der Waals surface area contributed by atoms with Crippen molar-refractivity contribution >= 4 is 28.3 Å². The lowest BCUT2D eigenvalue weighted by Gasteiger charge is -2.11. The molecule has 0 radical (unpaired) electrons. The number of carbonyl (C=O) groups excluding carboxylic acids is 1. The second-order valence-electron chi connectivity index (χ2n) is 7.68. The minimum atomic E-state index is -0.784. The molecular formula is C22H20FN5O4. The van der Waals surface area contributed by atoms with E-state index in [0.29, 0.717) is 28.2 Å². The van der Waals surface area contributed by atoms with Gasteiger partial charge in [0.15, 0.2) is 5.65 Å². The van der Waals surface area contributed by atoms with Crippen molar-refractivity contribution in [3.63, 3.8) is 0 Å². The van der Waals surface area contributed by atoms with Crippen LogP contribution in [0.15, 0.2) is 40.9 Å². The van der Waals surface area contributed by atoms with E-state index in [4.69, 9.17) is 9.40 Å². The van der Waals surface area contributed by atoms with E-state index in [9.17, 15) is 19.3 Å². The molecule has 9 nitrogen and oxygen atoms in total. The lowest BCUT2D eigenvalue weighted by Crippen LogP contribution is -2.14. The maximum absolute atomic E-state index is 14.3. The van der Waals surface area contributed by atoms with E-state index in [1.54, 1.807) is 17.7 Å². The standard InChI is InChI=1S/C22H20FN5O4/c1-11(2)27-21-17(10-24-27)16(9-19(25-21)15-7-12(3)32-13(15)4)22(29)26-20-8-14(28(30)31)5-6-18(20)23/h5-11H,1-4H3,(H,26,29). The van der Waals surface area contributed by atoms with Crippen molar-refractivity contribution in [2.45, 2.75) is 33.7 Å². The molecule has 0 atom stereocenters. The molecule has 4 rings (SSSR count). The Balaban J connectivity index is 1.86. The molecule has 4 aromatic rings. The van der Waals surface area contributed by atoms with E-state index in [1.165, 1.54) is 6.20 Å². The summed E-state index contributed by atoms with van der Waals surface area (Å²) in [6.07, 6.45) is 1.53. The van der Waals surface area contributed by atoms with Crippen LogP contribution in [0, 0.1) is 29.8 Å². The van der Waals surface area contributed by atoms with Crippen LogP contribution in [0.2, 0.25) is 0 Å². The first-order valence-corrected chi connectivity index (χ1v) is 9.86. The van der Waals surface area contributed by atoms with Gasteiger partial charge in [-0.1, -0.05) is 0 Å². The predicted octanol–water partition coefficient (Wildman–Crippen LogP) is 5.19. The normalized spacial score (nSPS) is 11.3. The summed E-state index contributed by atoms with van der Waals surface area (Å²) in [6.45, 7) is 7.48. The number of hydrogen-bond acceptors (Lipinski definition) is 6. The number of nitro benzene ring substituents is 1. The van der Waals surface area contributed by atoms with Crippen molar-refractivity contribution < 1.29 is 18.5 Å². The van der Waals surface area contributed by atoms with Gasteiger partial charge in [0.25, 0.3) is 11.6 Å². The molecule has 0 aliphatic carbocycles. The number of aryl methyl sites for hydroxylation is 2. The summed E-state index contributed by atoms with van der Waals surface area (Å²) in [4.78, 5) is 28.3. The number of nitrogens with one attached hydrogen (secondary N) is 1. The third kappa shape index (κ3) is 3.70. The SMILES string of the molecule is Cc1cc(-c2cc(C(=O)Nc3cc([N+](=O)[O-])ccc3F)c3cnn(C(C)C)c3n2)c(C)o1. The van der Waals surface area contributed by atoms with E-state index in [-0.39, 0.29) is 23.0 Å². The maximum Gasteiger partial charge on any atom is 0.271 e. The molecule has 1 aromatic carbocycles. The monoisotopic (exact) mass is 437 g/mol. The smallest absolute Gasteiger partial charge is 0.271 e. The highest BCUT2D eigenvalue weighted by Crippen LogP contribution is 2.31. The van der Waals surface area contributed by atoms with E-state index >= 15 is 0 Å². The number of carbonyl (C=O) groups is 1. The molecule has 0 aliphatic heterocycles. The van der Waals surface area contributed by atoms with Gasteiger partial charge in [-0.3, -0.25) is 14.9 Å². The Morgan fingerprint density at radius 1 is 1.25 bits per heavy atom. The average Bonchev–Trinajstić information content (AvgIpc) is 3.31. The van der Waals surface area contributed by atoms with Gasteiger partial charge in [0.1, 0.15) is 17.3 Å². The summed E-state index contributed by atoms with van der Waals surface area (Å²) in [6, 6.07) is 6.33. The molecule has 32 heavy (non-hydrogen) atoms. The Morgan fingerprint density at radius 2 is 2.00 bits per heavy atom. The van der Waals surface area contributed by atoms with E-state index < -0.39 is 16.6 Å². The van der Waals surface area contributed by atoms with Gasteiger partial charge in [0.05, 0.1) is 33.5 Å². The fourth-order valence-corrected chi connectivity index (χ4v) is 3.52. The summed E-state index contributed by atoms with van der Waals surface area (Å²) in [5.41, 5.74) is 1.29. The van der Waals surface area contributed by atoms with Crippen molar-refractivity contribution in [2.75, 3.05) is 5.32 Å². The highest BCUT2D eigenvalue weighted by Gasteiger charge is 2.22. The van der Waals surface area contributed by atoms with Gasteiger partial charge in [-0.15, -0.1) is 0 Å². The quantitative estimate of drug-likeness (QED) is 0.339. The van der Waals surface area contributed by atoms with Gasteiger partial charge in [-0.05, 0) is 45.9 Å². The molecule has 0 aliphatic rings. The van der Waals surface area contributed by atoms with Crippen LogP contribution in [0.3, 0.4) is 0 Å². The molecule has 0 saturated carbocycles. The molecule has 0 saturated heterocycles. The Bertz CT molecular complexity index is 1370. The van der Waals surface area contributed by atoms with E-state index in [2.05, 4.69) is 10.4 Å². The molecule has 1 amide bonds. The van der Waals surface area contributed by atoms with Crippen LogP contribution in [0.25, 0.3) is 22.3 Å². The van der Waals surface area contributed by atoms with Crippen molar-refractivity contribution in [1.82, 2.24) is 14.8 Å². The van der Waals surface area contributed by atoms with Gasteiger partial charge in [-0.2, -0.15) is 5.10 Å². The van der Waals surface area contributed by atoms with Gasteiger partial charge >= 0.3 is 0 Å². The van der Waals surface area contributed by atoms with Crippen LogP contribution in [0.5, 0.6) is 0 Å². The van der Waals surface area contributed by atoms with Crippen LogP contribution in [0.4, 0.5) is 15.8 Å². The number of amides is 1. The highest BCUT2D eigenvalue weighted by molar-refractivity contribution is 6.12. The van der Waals surface area contributed by atoms with E-state index in [0.717, 1.165) is 23.8 Å². The fraction of sp³-hybridized carbons (Fsp3) is 0.227. The molecule has 3 aromatic heterocycles. The molecular weight excluding hydrogens is 417 g/mol. The van der Waals surface area contributed by atoms with Crippen LogP contribution in [-0.2, 0) is 0 Å². The first-order valence-electron chi connectivity index (χ1n) is 9.86. The van der Waals surface area contributed by atoms with Gasteiger partial charge in [-0.25, -0.2) is 14.1 Å². The van der Waals surface area contributed by atoms with Gasteiger partial charge < -0.3 is 9.73 Å². The third-order valence-corrected chi connectivity index (χ3v) is 5.03. The number of pyridine rings is 1. The van der Waals surface area contributed by atoms with Crippen LogP contribution >= 0.6 is 0 Å². The number of nitrogens with zero attached hydrogens (tertiary/aromatic N) is 4. The first kappa shape index (κ1) is 21.2.